The summed E-state index contributed by atoms with van der Waals surface area (Å²) in [6.07, 6.45) is 1.20. The summed E-state index contributed by atoms with van der Waals surface area (Å²) in [5.41, 5.74) is 1.96. The number of ether oxygens (including phenoxy) is 1. The average molecular weight is 314 g/mol. The van der Waals surface area contributed by atoms with E-state index >= 15 is 0 Å². The number of hydrazone groups is 1. The van der Waals surface area contributed by atoms with Crippen molar-refractivity contribution in [2.45, 2.75) is 46.1 Å². The first kappa shape index (κ1) is 15.7. The topological polar surface area (TPSA) is 67.8 Å². The molecule has 1 N–H and O–H groups in total. The molecule has 0 spiro atoms. The molecular weight excluding hydrogens is 292 g/mol. The Labute approximate surface area is 136 Å². The molecule has 1 aliphatic carbocycles. The van der Waals surface area contributed by atoms with Gasteiger partial charge in [-0.25, -0.2) is 5.43 Å². The molecule has 2 unspecified atom stereocenters. The van der Waals surface area contributed by atoms with Gasteiger partial charge in [-0.2, -0.15) is 5.10 Å². The van der Waals surface area contributed by atoms with Crippen LogP contribution in [0.2, 0.25) is 0 Å². The van der Waals surface area contributed by atoms with Crippen molar-refractivity contribution in [2.24, 2.45) is 15.9 Å². The lowest BCUT2D eigenvalue weighted by atomic mass is 9.66. The molecule has 1 saturated carbocycles. The van der Waals surface area contributed by atoms with E-state index in [0.29, 0.717) is 18.6 Å². The second-order valence-electron chi connectivity index (χ2n) is 7.18. The fourth-order valence-electron chi connectivity index (χ4n) is 3.72. The van der Waals surface area contributed by atoms with Gasteiger partial charge in [-0.3, -0.25) is 9.59 Å². The van der Waals surface area contributed by atoms with Gasteiger partial charge in [0.05, 0.1) is 11.1 Å². The average Bonchev–Trinajstić information content (AvgIpc) is 2.83. The van der Waals surface area contributed by atoms with Crippen LogP contribution in [0.15, 0.2) is 35.4 Å². The number of benzene rings is 1. The molecule has 2 atom stereocenters. The molecule has 3 rings (SSSR count). The maximum absolute atomic E-state index is 12.8. The Hall–Kier alpha value is -2.17. The van der Waals surface area contributed by atoms with E-state index in [1.165, 1.54) is 0 Å². The molecule has 1 saturated heterocycles. The predicted molar refractivity (Wildman–Crippen MR) is 86.7 cm³/mol. The highest BCUT2D eigenvalue weighted by molar-refractivity contribution is 6.00. The number of carbonyl (C=O) groups excluding carboxylic acids is 2. The highest BCUT2D eigenvalue weighted by atomic mass is 16.6. The molecule has 1 amide bonds. The van der Waals surface area contributed by atoms with E-state index < -0.39 is 16.4 Å². The van der Waals surface area contributed by atoms with Crippen molar-refractivity contribution in [1.29, 1.82) is 0 Å². The normalized spacial score (nSPS) is 31.8. The lowest BCUT2D eigenvalue weighted by Crippen LogP contribution is -2.52. The van der Waals surface area contributed by atoms with Crippen molar-refractivity contribution in [3.05, 3.63) is 35.9 Å². The third kappa shape index (κ3) is 1.95. The largest absolute Gasteiger partial charge is 0.448 e. The van der Waals surface area contributed by atoms with Gasteiger partial charge in [0.15, 0.2) is 5.60 Å². The lowest BCUT2D eigenvalue weighted by molar-refractivity contribution is -0.168. The van der Waals surface area contributed by atoms with Crippen molar-refractivity contribution in [2.75, 3.05) is 0 Å². The standard InChI is InChI=1S/C18H22N2O3/c1-12(13-8-6-5-7-9-13)19-20-14(21)18-11-10-17(4,15(22)23-18)16(18,2)3/h5-9H,10-11H2,1-4H3,(H,20,21). The summed E-state index contributed by atoms with van der Waals surface area (Å²) in [7, 11) is 0. The predicted octanol–water partition coefficient (Wildman–Crippen LogP) is 2.65. The lowest BCUT2D eigenvalue weighted by Gasteiger charge is -2.34. The SMILES string of the molecule is CC(=NNC(=O)C12CCC(C)(C(=O)O1)C2(C)C)c1ccccc1. The fourth-order valence-corrected chi connectivity index (χ4v) is 3.72. The van der Waals surface area contributed by atoms with Crippen LogP contribution in [0.3, 0.4) is 0 Å². The molecule has 1 heterocycles. The van der Waals surface area contributed by atoms with E-state index in [1.807, 2.05) is 58.0 Å². The Morgan fingerprint density at radius 1 is 1.17 bits per heavy atom. The van der Waals surface area contributed by atoms with E-state index in [0.717, 1.165) is 5.56 Å². The van der Waals surface area contributed by atoms with Gasteiger partial charge in [0.1, 0.15) is 0 Å². The third-order valence-electron chi connectivity index (χ3n) is 5.97. The van der Waals surface area contributed by atoms with Crippen LogP contribution in [-0.2, 0) is 14.3 Å². The summed E-state index contributed by atoms with van der Waals surface area (Å²) in [4.78, 5) is 25.0. The first-order valence-corrected chi connectivity index (χ1v) is 7.88. The number of nitrogens with zero attached hydrogens (tertiary/aromatic N) is 1. The Balaban J connectivity index is 1.83. The first-order chi connectivity index (χ1) is 10.7. The van der Waals surface area contributed by atoms with Gasteiger partial charge in [0, 0.05) is 5.41 Å². The van der Waals surface area contributed by atoms with Gasteiger partial charge < -0.3 is 4.74 Å². The number of rotatable bonds is 3. The number of nitrogens with one attached hydrogen (secondary N) is 1. The maximum atomic E-state index is 12.8. The summed E-state index contributed by atoms with van der Waals surface area (Å²) in [6.45, 7) is 7.57. The van der Waals surface area contributed by atoms with E-state index in [2.05, 4.69) is 10.5 Å². The summed E-state index contributed by atoms with van der Waals surface area (Å²) < 4.78 is 5.55. The van der Waals surface area contributed by atoms with E-state index in [1.54, 1.807) is 0 Å². The molecule has 23 heavy (non-hydrogen) atoms. The van der Waals surface area contributed by atoms with Crippen molar-refractivity contribution >= 4 is 17.6 Å². The van der Waals surface area contributed by atoms with E-state index in [9.17, 15) is 9.59 Å². The minimum atomic E-state index is -1.13. The van der Waals surface area contributed by atoms with E-state index in [4.69, 9.17) is 4.74 Å². The number of esters is 1. The Bertz CT molecular complexity index is 695. The summed E-state index contributed by atoms with van der Waals surface area (Å²) in [5.74, 6) is -0.625. The van der Waals surface area contributed by atoms with Crippen LogP contribution < -0.4 is 5.43 Å². The molecule has 1 aromatic carbocycles. The van der Waals surface area contributed by atoms with Crippen LogP contribution in [0.25, 0.3) is 0 Å². The Morgan fingerprint density at radius 3 is 2.35 bits per heavy atom. The molecule has 0 radical (unpaired) electrons. The van der Waals surface area contributed by atoms with Crippen molar-refractivity contribution in [3.63, 3.8) is 0 Å². The minimum Gasteiger partial charge on any atom is -0.448 e. The van der Waals surface area contributed by atoms with Crippen LogP contribution in [0.5, 0.6) is 0 Å². The molecule has 2 fully saturated rings. The Kier molecular flexibility index (Phi) is 3.36. The molecule has 1 aliphatic heterocycles. The molecule has 122 valence electrons. The molecule has 5 heteroatoms. The second-order valence-corrected chi connectivity index (χ2v) is 7.18. The van der Waals surface area contributed by atoms with Gasteiger partial charge in [-0.15, -0.1) is 0 Å². The third-order valence-corrected chi connectivity index (χ3v) is 5.97. The smallest absolute Gasteiger partial charge is 0.313 e. The second kappa shape index (κ2) is 4.91. The zero-order valence-electron chi connectivity index (χ0n) is 14.0. The number of amides is 1. The van der Waals surface area contributed by atoms with Crippen LogP contribution in [0, 0.1) is 10.8 Å². The van der Waals surface area contributed by atoms with Crippen LogP contribution in [0.4, 0.5) is 0 Å². The highest BCUT2D eigenvalue weighted by Gasteiger charge is 2.75. The first-order valence-electron chi connectivity index (χ1n) is 7.88. The summed E-state index contributed by atoms with van der Waals surface area (Å²) >= 11 is 0. The van der Waals surface area contributed by atoms with Crippen molar-refractivity contribution in [1.82, 2.24) is 5.43 Å². The number of hydrogen-bond acceptors (Lipinski definition) is 4. The van der Waals surface area contributed by atoms with E-state index in [-0.39, 0.29) is 11.9 Å². The number of hydrogen-bond donors (Lipinski definition) is 1. The van der Waals surface area contributed by atoms with Gasteiger partial charge in [-0.05, 0) is 32.3 Å². The van der Waals surface area contributed by atoms with Gasteiger partial charge in [-0.1, -0.05) is 44.2 Å². The zero-order valence-corrected chi connectivity index (χ0v) is 14.0. The van der Waals surface area contributed by atoms with Gasteiger partial charge >= 0.3 is 5.97 Å². The number of fused-ring (bicyclic) bond motifs is 2. The molecule has 2 bridgehead atoms. The fraction of sp³-hybridized carbons (Fsp3) is 0.500. The molecule has 0 aromatic heterocycles. The molecule has 2 aliphatic rings. The summed E-state index contributed by atoms with van der Waals surface area (Å²) in [5, 5.41) is 4.19. The quantitative estimate of drug-likeness (QED) is 0.530. The van der Waals surface area contributed by atoms with Crippen LogP contribution in [-0.4, -0.2) is 23.2 Å². The molecule has 5 nitrogen and oxygen atoms in total. The van der Waals surface area contributed by atoms with Crippen molar-refractivity contribution < 1.29 is 14.3 Å². The molecule has 1 aromatic rings. The monoisotopic (exact) mass is 314 g/mol. The Morgan fingerprint density at radius 2 is 1.83 bits per heavy atom. The maximum Gasteiger partial charge on any atom is 0.313 e. The van der Waals surface area contributed by atoms with Crippen LogP contribution >= 0.6 is 0 Å². The van der Waals surface area contributed by atoms with Crippen molar-refractivity contribution in [3.8, 4) is 0 Å². The summed E-state index contributed by atoms with van der Waals surface area (Å²) in [6, 6.07) is 9.61. The molecular formula is C18H22N2O3. The number of carbonyl (C=O) groups is 2. The van der Waals surface area contributed by atoms with Gasteiger partial charge in [0.25, 0.3) is 5.91 Å². The zero-order chi connectivity index (χ0) is 16.9. The minimum absolute atomic E-state index is 0.285. The van der Waals surface area contributed by atoms with Gasteiger partial charge in [0.2, 0.25) is 0 Å². The highest BCUT2D eigenvalue weighted by Crippen LogP contribution is 2.65. The van der Waals surface area contributed by atoms with Crippen LogP contribution in [0.1, 0.15) is 46.1 Å².